The van der Waals surface area contributed by atoms with Gasteiger partial charge in [-0.25, -0.2) is 0 Å². The average molecular weight is 440 g/mol. The molecule has 0 aliphatic heterocycles. The van der Waals surface area contributed by atoms with Crippen LogP contribution in [0.25, 0.3) is 0 Å². The first-order chi connectivity index (χ1) is 15.7. The van der Waals surface area contributed by atoms with Crippen LogP contribution < -0.4 is 16.0 Å². The first kappa shape index (κ1) is 22.2. The maximum atomic E-state index is 10.9. The van der Waals surface area contributed by atoms with Crippen molar-refractivity contribution >= 4 is 29.2 Å². The Kier molecular flexibility index (Phi) is 7.68. The summed E-state index contributed by atoms with van der Waals surface area (Å²) in [5.74, 6) is 1.58. The third-order valence-corrected chi connectivity index (χ3v) is 6.35. The second-order valence-electron chi connectivity index (χ2n) is 8.90. The summed E-state index contributed by atoms with van der Waals surface area (Å²) in [5, 5.41) is 21.2. The van der Waals surface area contributed by atoms with Gasteiger partial charge in [-0.3, -0.25) is 10.1 Å². The molecule has 2 aliphatic carbocycles. The summed E-state index contributed by atoms with van der Waals surface area (Å²) in [6.07, 6.45) is 14.6. The summed E-state index contributed by atoms with van der Waals surface area (Å²) >= 11 is 0. The standard InChI is InChI=1S/C23H33N7O2/c31-30(32)20-15-13-19(14-16-20)26-23-28-21(24-17-9-5-1-2-6-10-17)27-22(29-23)25-18-11-7-3-4-8-12-18/h13-18H,1-12H2,(H3,24,25,26,27,28,29). The molecule has 2 aromatic rings. The first-order valence-electron chi connectivity index (χ1n) is 12.0. The highest BCUT2D eigenvalue weighted by Crippen LogP contribution is 2.24. The van der Waals surface area contributed by atoms with Gasteiger partial charge in [-0.1, -0.05) is 51.4 Å². The summed E-state index contributed by atoms with van der Waals surface area (Å²) in [6.45, 7) is 0. The van der Waals surface area contributed by atoms with Gasteiger partial charge in [0, 0.05) is 29.9 Å². The van der Waals surface area contributed by atoms with E-state index in [1.54, 1.807) is 12.1 Å². The maximum absolute atomic E-state index is 10.9. The van der Waals surface area contributed by atoms with Crippen LogP contribution in [0, 0.1) is 10.1 Å². The van der Waals surface area contributed by atoms with Gasteiger partial charge < -0.3 is 16.0 Å². The number of nitro benzene ring substituents is 1. The molecule has 0 unspecified atom stereocenters. The molecule has 0 bridgehead atoms. The number of rotatable bonds is 7. The number of nitrogens with zero attached hydrogens (tertiary/aromatic N) is 4. The Morgan fingerprint density at radius 2 is 1.12 bits per heavy atom. The second-order valence-corrected chi connectivity index (χ2v) is 8.90. The lowest BCUT2D eigenvalue weighted by molar-refractivity contribution is -0.384. The number of nitro groups is 1. The van der Waals surface area contributed by atoms with Crippen LogP contribution in [-0.4, -0.2) is 32.0 Å². The van der Waals surface area contributed by atoms with Crippen molar-refractivity contribution in [3.8, 4) is 0 Å². The van der Waals surface area contributed by atoms with E-state index in [4.69, 9.17) is 0 Å². The van der Waals surface area contributed by atoms with Crippen LogP contribution in [0.5, 0.6) is 0 Å². The lowest BCUT2D eigenvalue weighted by Gasteiger charge is -2.19. The molecule has 3 N–H and O–H groups in total. The van der Waals surface area contributed by atoms with Crippen LogP contribution in [0.15, 0.2) is 24.3 Å². The number of nitrogens with one attached hydrogen (secondary N) is 3. The van der Waals surface area contributed by atoms with Crippen molar-refractivity contribution in [1.29, 1.82) is 0 Å². The van der Waals surface area contributed by atoms with E-state index < -0.39 is 4.92 Å². The van der Waals surface area contributed by atoms with Gasteiger partial charge in [-0.05, 0) is 37.8 Å². The maximum Gasteiger partial charge on any atom is 0.269 e. The highest BCUT2D eigenvalue weighted by molar-refractivity contribution is 5.57. The van der Waals surface area contributed by atoms with Crippen LogP contribution in [0.3, 0.4) is 0 Å². The fourth-order valence-corrected chi connectivity index (χ4v) is 4.57. The molecule has 32 heavy (non-hydrogen) atoms. The van der Waals surface area contributed by atoms with Gasteiger partial charge in [-0.15, -0.1) is 0 Å². The van der Waals surface area contributed by atoms with Gasteiger partial charge >= 0.3 is 0 Å². The topological polar surface area (TPSA) is 118 Å². The minimum atomic E-state index is -0.406. The Morgan fingerprint density at radius 3 is 1.56 bits per heavy atom. The number of hydrogen-bond donors (Lipinski definition) is 3. The van der Waals surface area contributed by atoms with Crippen molar-refractivity contribution in [2.45, 2.75) is 89.1 Å². The molecule has 0 saturated heterocycles. The van der Waals surface area contributed by atoms with Crippen LogP contribution in [0.4, 0.5) is 29.2 Å². The van der Waals surface area contributed by atoms with Crippen molar-refractivity contribution in [2.24, 2.45) is 0 Å². The predicted molar refractivity (Wildman–Crippen MR) is 126 cm³/mol. The second kappa shape index (κ2) is 11.1. The lowest BCUT2D eigenvalue weighted by atomic mass is 10.1. The predicted octanol–water partition coefficient (Wildman–Crippen LogP) is 5.79. The van der Waals surface area contributed by atoms with E-state index >= 15 is 0 Å². The van der Waals surface area contributed by atoms with Gasteiger partial charge in [0.1, 0.15) is 0 Å². The molecule has 2 fully saturated rings. The Balaban J connectivity index is 1.53. The molecule has 2 saturated carbocycles. The highest BCUT2D eigenvalue weighted by atomic mass is 16.6. The summed E-state index contributed by atoms with van der Waals surface area (Å²) in [5.41, 5.74) is 0.750. The van der Waals surface area contributed by atoms with Crippen LogP contribution in [0.1, 0.15) is 77.0 Å². The zero-order valence-electron chi connectivity index (χ0n) is 18.6. The molecule has 0 amide bonds. The number of aromatic nitrogens is 3. The molecule has 1 aromatic carbocycles. The fraction of sp³-hybridized carbons (Fsp3) is 0.609. The summed E-state index contributed by atoms with van der Waals surface area (Å²) in [7, 11) is 0. The molecule has 0 radical (unpaired) electrons. The van der Waals surface area contributed by atoms with E-state index in [0.717, 1.165) is 25.7 Å². The Morgan fingerprint density at radius 1 is 0.688 bits per heavy atom. The largest absolute Gasteiger partial charge is 0.351 e. The minimum absolute atomic E-state index is 0.0534. The Labute approximate surface area is 189 Å². The van der Waals surface area contributed by atoms with Crippen LogP contribution >= 0.6 is 0 Å². The van der Waals surface area contributed by atoms with E-state index in [9.17, 15) is 10.1 Å². The van der Waals surface area contributed by atoms with Crippen molar-refractivity contribution in [3.05, 3.63) is 34.4 Å². The Hall–Kier alpha value is -2.97. The number of hydrogen-bond acceptors (Lipinski definition) is 8. The normalized spacial score (nSPS) is 18.4. The molecule has 9 heteroatoms. The molecule has 172 valence electrons. The monoisotopic (exact) mass is 439 g/mol. The molecule has 1 aromatic heterocycles. The number of benzene rings is 1. The lowest BCUT2D eigenvalue weighted by Crippen LogP contribution is -2.23. The summed E-state index contributed by atoms with van der Waals surface area (Å²) in [6, 6.07) is 7.02. The van der Waals surface area contributed by atoms with Gasteiger partial charge in [0.05, 0.1) is 4.92 Å². The van der Waals surface area contributed by atoms with E-state index in [2.05, 4.69) is 30.9 Å². The molecular formula is C23H33N7O2. The zero-order valence-corrected chi connectivity index (χ0v) is 18.6. The third kappa shape index (κ3) is 6.51. The van der Waals surface area contributed by atoms with Crippen molar-refractivity contribution < 1.29 is 4.92 Å². The third-order valence-electron chi connectivity index (χ3n) is 6.35. The van der Waals surface area contributed by atoms with Gasteiger partial charge in [-0.2, -0.15) is 15.0 Å². The molecular weight excluding hydrogens is 406 g/mol. The SMILES string of the molecule is O=[N+]([O-])c1ccc(Nc2nc(NC3CCCCCC3)nc(NC3CCCCCC3)n2)cc1. The number of anilines is 4. The smallest absolute Gasteiger partial charge is 0.269 e. The quantitative estimate of drug-likeness (QED) is 0.282. The number of non-ortho nitro benzene ring substituents is 1. The fourth-order valence-electron chi connectivity index (χ4n) is 4.57. The van der Waals surface area contributed by atoms with Crippen LogP contribution in [0.2, 0.25) is 0 Å². The minimum Gasteiger partial charge on any atom is -0.351 e. The molecule has 1 heterocycles. The summed E-state index contributed by atoms with van der Waals surface area (Å²) < 4.78 is 0. The average Bonchev–Trinajstić information content (AvgIpc) is 3.19. The highest BCUT2D eigenvalue weighted by Gasteiger charge is 2.18. The van der Waals surface area contributed by atoms with Crippen molar-refractivity contribution in [2.75, 3.05) is 16.0 Å². The molecule has 0 spiro atoms. The zero-order chi connectivity index (χ0) is 22.2. The van der Waals surface area contributed by atoms with Gasteiger partial charge in [0.15, 0.2) is 0 Å². The van der Waals surface area contributed by atoms with Crippen molar-refractivity contribution in [3.63, 3.8) is 0 Å². The van der Waals surface area contributed by atoms with E-state index in [1.807, 2.05) is 0 Å². The van der Waals surface area contributed by atoms with Crippen molar-refractivity contribution in [1.82, 2.24) is 15.0 Å². The molecule has 9 nitrogen and oxygen atoms in total. The van der Waals surface area contributed by atoms with Gasteiger partial charge in [0.2, 0.25) is 17.8 Å². The van der Waals surface area contributed by atoms with Crippen LogP contribution in [-0.2, 0) is 0 Å². The molecule has 0 atom stereocenters. The van der Waals surface area contributed by atoms with E-state index in [-0.39, 0.29) is 5.69 Å². The molecule has 4 rings (SSSR count). The van der Waals surface area contributed by atoms with Gasteiger partial charge in [0.25, 0.3) is 5.69 Å². The van der Waals surface area contributed by atoms with E-state index in [0.29, 0.717) is 35.6 Å². The van der Waals surface area contributed by atoms with E-state index in [1.165, 1.54) is 63.5 Å². The summed E-state index contributed by atoms with van der Waals surface area (Å²) in [4.78, 5) is 24.4. The first-order valence-corrected chi connectivity index (χ1v) is 12.0. The Bertz CT molecular complexity index is 834. The molecule has 2 aliphatic rings.